The molecule has 5 nitrogen and oxygen atoms in total. The van der Waals surface area contributed by atoms with E-state index >= 15 is 0 Å². The van der Waals surface area contributed by atoms with Crippen molar-refractivity contribution >= 4 is 28.2 Å². The Balaban J connectivity index is 1.67. The number of rotatable bonds is 3. The summed E-state index contributed by atoms with van der Waals surface area (Å²) in [4.78, 5) is 19.6. The number of nitrogen functional groups attached to an aromatic ring is 1. The molecule has 1 unspecified atom stereocenters. The summed E-state index contributed by atoms with van der Waals surface area (Å²) in [7, 11) is 0. The molecule has 3 N–H and O–H groups in total. The fraction of sp³-hybridized carbons (Fsp3) is 0.733. The molecule has 1 saturated carbocycles. The van der Waals surface area contributed by atoms with Crippen LogP contribution in [0.4, 0.5) is 10.9 Å². The number of hydrogen-bond acceptors (Lipinski definition) is 5. The minimum absolute atomic E-state index is 0.0573. The van der Waals surface area contributed by atoms with Crippen LogP contribution in [0.25, 0.3) is 0 Å². The van der Waals surface area contributed by atoms with Gasteiger partial charge < -0.3 is 16.0 Å². The zero-order valence-electron chi connectivity index (χ0n) is 12.8. The zero-order valence-corrected chi connectivity index (χ0v) is 13.6. The van der Waals surface area contributed by atoms with Gasteiger partial charge in [0.2, 0.25) is 0 Å². The molecule has 1 atom stereocenters. The lowest BCUT2D eigenvalue weighted by molar-refractivity contribution is 0.0941. The highest BCUT2D eigenvalue weighted by atomic mass is 32.1. The third-order valence-electron chi connectivity index (χ3n) is 4.53. The van der Waals surface area contributed by atoms with E-state index in [9.17, 15) is 4.79 Å². The molecule has 0 bridgehead atoms. The second-order valence-corrected chi connectivity index (χ2v) is 7.96. The number of nitrogens with zero attached hydrogens (tertiary/aromatic N) is 2. The summed E-state index contributed by atoms with van der Waals surface area (Å²) in [6.45, 7) is 6.55. The minimum Gasteiger partial charge on any atom is -0.382 e. The first kappa shape index (κ1) is 14.6. The second kappa shape index (κ2) is 5.48. The lowest BCUT2D eigenvalue weighted by atomic mass is 9.92. The average molecular weight is 308 g/mol. The molecule has 6 heteroatoms. The first-order chi connectivity index (χ1) is 9.94. The zero-order chi connectivity index (χ0) is 15.0. The van der Waals surface area contributed by atoms with E-state index in [1.165, 1.54) is 24.2 Å². The van der Waals surface area contributed by atoms with Gasteiger partial charge in [-0.25, -0.2) is 4.98 Å². The summed E-state index contributed by atoms with van der Waals surface area (Å²) in [5.74, 6) is 0.315. The van der Waals surface area contributed by atoms with E-state index in [1.54, 1.807) is 0 Å². The molecule has 116 valence electrons. The van der Waals surface area contributed by atoms with E-state index in [2.05, 4.69) is 29.0 Å². The molecule has 1 aromatic heterocycles. The van der Waals surface area contributed by atoms with Crippen molar-refractivity contribution in [1.82, 2.24) is 10.3 Å². The van der Waals surface area contributed by atoms with Crippen LogP contribution in [0.1, 0.15) is 55.6 Å². The Morgan fingerprint density at radius 1 is 1.43 bits per heavy atom. The maximum Gasteiger partial charge on any atom is 0.265 e. The molecular formula is C15H24N4OS. The average Bonchev–Trinajstić information content (AvgIpc) is 3.09. The van der Waals surface area contributed by atoms with Gasteiger partial charge in [-0.15, -0.1) is 0 Å². The van der Waals surface area contributed by atoms with Crippen LogP contribution in [0.2, 0.25) is 0 Å². The SMILES string of the molecule is CC1(C)CCC(NC(=O)c2sc(N3CCCC3)nc2N)C1. The molecule has 3 rings (SSSR count). The van der Waals surface area contributed by atoms with E-state index in [0.717, 1.165) is 37.5 Å². The number of hydrogen-bond donors (Lipinski definition) is 2. The number of carbonyl (C=O) groups is 1. The van der Waals surface area contributed by atoms with Crippen molar-refractivity contribution in [2.24, 2.45) is 5.41 Å². The lowest BCUT2D eigenvalue weighted by Crippen LogP contribution is -2.33. The molecule has 1 aromatic rings. The van der Waals surface area contributed by atoms with Crippen LogP contribution in [-0.2, 0) is 0 Å². The largest absolute Gasteiger partial charge is 0.382 e. The number of aromatic nitrogens is 1. The van der Waals surface area contributed by atoms with Gasteiger partial charge in [0.05, 0.1) is 0 Å². The van der Waals surface area contributed by atoms with Gasteiger partial charge in [-0.2, -0.15) is 0 Å². The van der Waals surface area contributed by atoms with Crippen molar-refractivity contribution in [1.29, 1.82) is 0 Å². The fourth-order valence-corrected chi connectivity index (χ4v) is 4.28. The maximum absolute atomic E-state index is 12.4. The monoisotopic (exact) mass is 308 g/mol. The summed E-state index contributed by atoms with van der Waals surface area (Å²) in [5, 5.41) is 4.02. The maximum atomic E-state index is 12.4. The van der Waals surface area contributed by atoms with Crippen LogP contribution in [0.15, 0.2) is 0 Å². The van der Waals surface area contributed by atoms with Gasteiger partial charge in [0.15, 0.2) is 5.13 Å². The van der Waals surface area contributed by atoms with Crippen LogP contribution >= 0.6 is 11.3 Å². The van der Waals surface area contributed by atoms with Crippen molar-refractivity contribution in [3.8, 4) is 0 Å². The van der Waals surface area contributed by atoms with Crippen LogP contribution in [-0.4, -0.2) is 30.0 Å². The van der Waals surface area contributed by atoms with Gasteiger partial charge in [0, 0.05) is 19.1 Å². The summed E-state index contributed by atoms with van der Waals surface area (Å²) >= 11 is 1.43. The highest BCUT2D eigenvalue weighted by Gasteiger charge is 2.32. The van der Waals surface area contributed by atoms with Gasteiger partial charge >= 0.3 is 0 Å². The molecule has 0 aromatic carbocycles. The molecule has 0 spiro atoms. The highest BCUT2D eigenvalue weighted by molar-refractivity contribution is 7.18. The predicted molar refractivity (Wildman–Crippen MR) is 86.9 cm³/mol. The van der Waals surface area contributed by atoms with E-state index in [1.807, 2.05) is 0 Å². The molecule has 0 radical (unpaired) electrons. The molecule has 1 saturated heterocycles. The molecule has 1 amide bonds. The Kier molecular flexibility index (Phi) is 3.82. The molecule has 1 aliphatic heterocycles. The van der Waals surface area contributed by atoms with Crippen LogP contribution in [0.3, 0.4) is 0 Å². The van der Waals surface area contributed by atoms with Crippen molar-refractivity contribution in [3.05, 3.63) is 4.88 Å². The Bertz CT molecular complexity index is 534. The molecule has 2 heterocycles. The van der Waals surface area contributed by atoms with Crippen LogP contribution in [0.5, 0.6) is 0 Å². The van der Waals surface area contributed by atoms with Gasteiger partial charge in [0.1, 0.15) is 10.7 Å². The number of nitrogens with two attached hydrogens (primary N) is 1. The Hall–Kier alpha value is -1.30. The van der Waals surface area contributed by atoms with Crippen molar-refractivity contribution < 1.29 is 4.79 Å². The van der Waals surface area contributed by atoms with E-state index < -0.39 is 0 Å². The highest BCUT2D eigenvalue weighted by Crippen LogP contribution is 2.37. The number of nitrogens with one attached hydrogen (secondary N) is 1. The minimum atomic E-state index is -0.0573. The van der Waals surface area contributed by atoms with E-state index in [-0.39, 0.29) is 11.9 Å². The standard InChI is InChI=1S/C15H24N4OS/c1-15(2)6-5-10(9-15)17-13(20)11-12(16)18-14(21-11)19-7-3-4-8-19/h10H,3-9,16H2,1-2H3,(H,17,20). The van der Waals surface area contributed by atoms with Crippen LogP contribution in [0, 0.1) is 5.41 Å². The Morgan fingerprint density at radius 3 is 2.76 bits per heavy atom. The molecule has 21 heavy (non-hydrogen) atoms. The summed E-state index contributed by atoms with van der Waals surface area (Å²) in [6, 6.07) is 0.268. The first-order valence-electron chi connectivity index (χ1n) is 7.77. The first-order valence-corrected chi connectivity index (χ1v) is 8.58. The molecule has 2 fully saturated rings. The van der Waals surface area contributed by atoms with E-state index in [0.29, 0.717) is 16.1 Å². The fourth-order valence-electron chi connectivity index (χ4n) is 3.34. The van der Waals surface area contributed by atoms with Gasteiger partial charge in [-0.3, -0.25) is 4.79 Å². The molecule has 1 aliphatic carbocycles. The van der Waals surface area contributed by atoms with Gasteiger partial charge in [-0.1, -0.05) is 25.2 Å². The normalized spacial score (nSPS) is 24.5. The number of amides is 1. The van der Waals surface area contributed by atoms with Crippen molar-refractivity contribution in [2.45, 2.75) is 52.0 Å². The number of carbonyl (C=O) groups excluding carboxylic acids is 1. The Morgan fingerprint density at radius 2 is 2.14 bits per heavy atom. The van der Waals surface area contributed by atoms with E-state index in [4.69, 9.17) is 5.73 Å². The van der Waals surface area contributed by atoms with Crippen molar-refractivity contribution in [2.75, 3.05) is 23.7 Å². The number of thiazole rings is 1. The van der Waals surface area contributed by atoms with Gasteiger partial charge in [0.25, 0.3) is 5.91 Å². The quantitative estimate of drug-likeness (QED) is 0.900. The molecule has 2 aliphatic rings. The third kappa shape index (κ3) is 3.15. The van der Waals surface area contributed by atoms with Crippen LogP contribution < -0.4 is 16.0 Å². The number of anilines is 2. The predicted octanol–water partition coefficient (Wildman–Crippen LogP) is 2.63. The summed E-state index contributed by atoms with van der Waals surface area (Å²) in [6.07, 6.45) is 5.64. The molecular weight excluding hydrogens is 284 g/mol. The smallest absolute Gasteiger partial charge is 0.265 e. The summed E-state index contributed by atoms with van der Waals surface area (Å²) < 4.78 is 0. The summed E-state index contributed by atoms with van der Waals surface area (Å²) in [5.41, 5.74) is 6.28. The third-order valence-corrected chi connectivity index (χ3v) is 5.66. The van der Waals surface area contributed by atoms with Crippen molar-refractivity contribution in [3.63, 3.8) is 0 Å². The van der Waals surface area contributed by atoms with Gasteiger partial charge in [-0.05, 0) is 37.5 Å². The topological polar surface area (TPSA) is 71.2 Å². The lowest BCUT2D eigenvalue weighted by Gasteiger charge is -2.17. The Labute approximate surface area is 129 Å². The second-order valence-electron chi connectivity index (χ2n) is 6.98.